The van der Waals surface area contributed by atoms with E-state index >= 15 is 0 Å². The molecule has 15 N–H and O–H groups in total. The fourth-order valence-electron chi connectivity index (χ4n) is 8.36. The fourth-order valence-corrected chi connectivity index (χ4v) is 8.36. The summed E-state index contributed by atoms with van der Waals surface area (Å²) in [5.41, 5.74) is -7.99. The van der Waals surface area contributed by atoms with Crippen LogP contribution in [-0.4, -0.2) is 155 Å². The van der Waals surface area contributed by atoms with Crippen molar-refractivity contribution < 1.29 is 134 Å². The standard InChI is InChI=1S/C41H30O27/c42-13-1-8(2-14(43)24(13)48)34(54)65-32-30-18-7-62-35(55)9-3-15(44)25(49)28(52)20(9)21-10(4-16(45)26(50)29(21)53)37(57)67-39(63-18)33(32)66-36(56)11-5-17(46)27(51)31-22(11)23-12(38(58)64-30)6-19(47)41(61,68-31)40(23,59)60/h1-6,18,23,30,32-33,35,39,42-46,48-53,55,59-61H,7H2/t18-,23?,30-,32-,33+,35?,39+,41?/m1/s1. The first kappa shape index (κ1) is 44.7. The summed E-state index contributed by atoms with van der Waals surface area (Å²) < 4.78 is 39.3. The average molecular weight is 955 g/mol. The highest BCUT2D eigenvalue weighted by Gasteiger charge is 2.70. The maximum atomic E-state index is 14.6. The third-order valence-electron chi connectivity index (χ3n) is 11.6. The van der Waals surface area contributed by atoms with Crippen LogP contribution in [0.1, 0.15) is 54.4 Å². The molecule has 0 amide bonds. The van der Waals surface area contributed by atoms with Gasteiger partial charge in [0.05, 0.1) is 34.8 Å². The molecule has 9 rings (SSSR count). The number of carbonyl (C=O) groups excluding carboxylic acids is 5. The van der Waals surface area contributed by atoms with Gasteiger partial charge in [0, 0.05) is 22.3 Å². The molecule has 4 aromatic rings. The summed E-state index contributed by atoms with van der Waals surface area (Å²) in [7, 11) is 0. The smallest absolute Gasteiger partial charge is 0.341 e. The monoisotopic (exact) mass is 954 g/mol. The second-order valence-corrected chi connectivity index (χ2v) is 15.6. The van der Waals surface area contributed by atoms with Crippen molar-refractivity contribution in [3.8, 4) is 80.1 Å². The number of esters is 4. The van der Waals surface area contributed by atoms with Crippen LogP contribution in [0, 0.1) is 0 Å². The Morgan fingerprint density at radius 2 is 1.19 bits per heavy atom. The van der Waals surface area contributed by atoms with E-state index < -0.39 is 204 Å². The first-order chi connectivity index (χ1) is 31.9. The van der Waals surface area contributed by atoms with Crippen molar-refractivity contribution in [1.29, 1.82) is 0 Å². The Kier molecular flexibility index (Phi) is 9.88. The Morgan fingerprint density at radius 3 is 1.85 bits per heavy atom. The number of aliphatic hydroxyl groups excluding tert-OH is 1. The van der Waals surface area contributed by atoms with Crippen LogP contribution in [0.15, 0.2) is 42.0 Å². The van der Waals surface area contributed by atoms with E-state index in [1.54, 1.807) is 0 Å². The Morgan fingerprint density at radius 1 is 0.632 bits per heavy atom. The maximum Gasteiger partial charge on any atom is 0.341 e. The Labute approximate surface area is 374 Å². The van der Waals surface area contributed by atoms with E-state index in [1.807, 2.05) is 0 Å². The second kappa shape index (κ2) is 15.0. The van der Waals surface area contributed by atoms with E-state index in [0.29, 0.717) is 30.3 Å². The van der Waals surface area contributed by atoms with Gasteiger partial charge in [0.1, 0.15) is 6.10 Å². The quantitative estimate of drug-likeness (QED) is 0.0483. The van der Waals surface area contributed by atoms with Crippen LogP contribution >= 0.6 is 0 Å². The number of fused-ring (bicyclic) bond motifs is 10. The van der Waals surface area contributed by atoms with Crippen LogP contribution in [0.2, 0.25) is 0 Å². The number of aliphatic hydroxyl groups is 4. The van der Waals surface area contributed by atoms with E-state index in [0.717, 1.165) is 0 Å². The molecule has 0 saturated carbocycles. The minimum absolute atomic E-state index is 0.277. The number of ether oxygens (including phenoxy) is 7. The van der Waals surface area contributed by atoms with E-state index in [4.69, 9.17) is 33.2 Å². The number of benzene rings is 4. The van der Waals surface area contributed by atoms with Crippen molar-refractivity contribution in [2.75, 3.05) is 6.61 Å². The molecule has 27 nitrogen and oxygen atoms in total. The van der Waals surface area contributed by atoms with Crippen LogP contribution in [0.25, 0.3) is 11.1 Å². The van der Waals surface area contributed by atoms with Crippen LogP contribution < -0.4 is 4.74 Å². The number of carbonyl (C=O) groups is 5. The van der Waals surface area contributed by atoms with Gasteiger partial charge in [-0.3, -0.25) is 4.79 Å². The van der Waals surface area contributed by atoms with Crippen molar-refractivity contribution in [3.05, 3.63) is 69.8 Å². The molecule has 4 aromatic carbocycles. The highest BCUT2D eigenvalue weighted by Crippen LogP contribution is 2.59. The maximum absolute atomic E-state index is 14.6. The highest BCUT2D eigenvalue weighted by molar-refractivity contribution is 6.09. The van der Waals surface area contributed by atoms with Crippen LogP contribution in [0.3, 0.4) is 0 Å². The number of rotatable bonds is 2. The summed E-state index contributed by atoms with van der Waals surface area (Å²) in [6, 6.07) is 2.46. The topological polar surface area (TPSA) is 453 Å². The molecule has 0 spiro atoms. The molecule has 5 aliphatic rings. The largest absolute Gasteiger partial charge is 0.504 e. The number of phenolic OH excluding ortho intramolecular Hbond substituents is 11. The second-order valence-electron chi connectivity index (χ2n) is 15.6. The summed E-state index contributed by atoms with van der Waals surface area (Å²) in [6.45, 7) is -1.21. The number of aromatic hydroxyl groups is 11. The Hall–Kier alpha value is -8.47. The zero-order chi connectivity index (χ0) is 49.4. The minimum atomic E-state index is -3.97. The fraction of sp³-hybridized carbons (Fsp3) is 0.244. The molecule has 4 heterocycles. The molecule has 1 saturated heterocycles. The number of hydrogen-bond acceptors (Lipinski definition) is 27. The molecule has 356 valence electrons. The van der Waals surface area contributed by atoms with Gasteiger partial charge in [-0.2, -0.15) is 0 Å². The van der Waals surface area contributed by atoms with Gasteiger partial charge in [-0.25, -0.2) is 19.2 Å². The molecule has 68 heavy (non-hydrogen) atoms. The number of hydrogen-bond donors (Lipinski definition) is 15. The zero-order valence-corrected chi connectivity index (χ0v) is 33.3. The molecule has 27 heteroatoms. The molecule has 0 radical (unpaired) electrons. The van der Waals surface area contributed by atoms with Gasteiger partial charge in [-0.05, 0) is 36.4 Å². The molecule has 4 aliphatic heterocycles. The summed E-state index contributed by atoms with van der Waals surface area (Å²) >= 11 is 0. The summed E-state index contributed by atoms with van der Waals surface area (Å²) in [5.74, 6) is -34.4. The highest BCUT2D eigenvalue weighted by atomic mass is 16.8. The van der Waals surface area contributed by atoms with Gasteiger partial charge in [-0.15, -0.1) is 0 Å². The van der Waals surface area contributed by atoms with Gasteiger partial charge >= 0.3 is 29.7 Å². The van der Waals surface area contributed by atoms with Crippen LogP contribution in [-0.2, 0) is 38.0 Å². The first-order valence-electron chi connectivity index (χ1n) is 19.2. The van der Waals surface area contributed by atoms with E-state index in [1.165, 1.54) is 0 Å². The Balaban J connectivity index is 1.29. The number of ketones is 1. The Bertz CT molecular complexity index is 2970. The molecule has 8 atom stereocenters. The third-order valence-corrected chi connectivity index (χ3v) is 11.6. The third kappa shape index (κ3) is 6.32. The summed E-state index contributed by atoms with van der Waals surface area (Å²) in [6.07, 6.45) is -14.5. The number of phenols is 11. The molecule has 0 aromatic heterocycles. The minimum Gasteiger partial charge on any atom is -0.504 e. The van der Waals surface area contributed by atoms with Crippen LogP contribution in [0.4, 0.5) is 0 Å². The SMILES string of the molecule is O=C1O[C@H]2[C@@H](OC(=O)c3cc(O)c(O)c(O)c3)[C@H](OC(=O)c3cc(O)c(O)c4c3C3C1=CC(=O)C(O)(O4)C3(O)O)[C@@H]1OC(=O)c3cc(O)c(O)c(O)c3-c3c(cc(O)c(O)c3O)C(O)OC[C@H]2O1. The van der Waals surface area contributed by atoms with Gasteiger partial charge in [-0.1, -0.05) is 0 Å². The van der Waals surface area contributed by atoms with Crippen molar-refractivity contribution in [2.24, 2.45) is 0 Å². The molecular weight excluding hydrogens is 924 g/mol. The normalized spacial score (nSPS) is 26.9. The lowest BCUT2D eigenvalue weighted by molar-refractivity contribution is -0.339. The predicted molar refractivity (Wildman–Crippen MR) is 205 cm³/mol. The van der Waals surface area contributed by atoms with Gasteiger partial charge < -0.3 is 110 Å². The molecule has 1 fully saturated rings. The van der Waals surface area contributed by atoms with Gasteiger partial charge in [0.2, 0.25) is 35.4 Å². The van der Waals surface area contributed by atoms with E-state index in [-0.39, 0.29) is 6.08 Å². The van der Waals surface area contributed by atoms with Crippen molar-refractivity contribution in [1.82, 2.24) is 0 Å². The lowest BCUT2D eigenvalue weighted by atomic mass is 9.70. The van der Waals surface area contributed by atoms with E-state index in [2.05, 4.69) is 0 Å². The van der Waals surface area contributed by atoms with Crippen LogP contribution in [0.5, 0.6) is 69.0 Å². The molecule has 1 aliphatic carbocycles. The lowest BCUT2D eigenvalue weighted by Gasteiger charge is -2.49. The zero-order valence-electron chi connectivity index (χ0n) is 33.3. The summed E-state index contributed by atoms with van der Waals surface area (Å²) in [5, 5.41) is 162. The molecule has 3 unspecified atom stereocenters. The van der Waals surface area contributed by atoms with E-state index in [9.17, 15) is 101 Å². The molecular formula is C41H30O27. The first-order valence-corrected chi connectivity index (χ1v) is 19.2. The van der Waals surface area contributed by atoms with Crippen molar-refractivity contribution >= 4 is 29.7 Å². The van der Waals surface area contributed by atoms with Gasteiger partial charge in [0.15, 0.2) is 70.2 Å². The van der Waals surface area contributed by atoms with Gasteiger partial charge in [0.25, 0.3) is 5.79 Å². The lowest BCUT2D eigenvalue weighted by Crippen LogP contribution is -2.70. The molecule has 6 bridgehead atoms. The predicted octanol–water partition coefficient (Wildman–Crippen LogP) is -1.25. The van der Waals surface area contributed by atoms with Crippen molar-refractivity contribution in [2.45, 2.75) is 54.5 Å². The van der Waals surface area contributed by atoms with Crippen molar-refractivity contribution in [3.63, 3.8) is 0 Å². The average Bonchev–Trinajstić information content (AvgIpc) is 3.28. The summed E-state index contributed by atoms with van der Waals surface area (Å²) in [4.78, 5) is 70.9.